The van der Waals surface area contributed by atoms with Crippen molar-refractivity contribution < 1.29 is 4.74 Å². The molecule has 0 bridgehead atoms. The molecule has 4 heteroatoms. The number of aryl methyl sites for hydroxylation is 1. The zero-order valence-electron chi connectivity index (χ0n) is 9.98. The first kappa shape index (κ1) is 11.6. The van der Waals surface area contributed by atoms with Crippen LogP contribution < -0.4 is 5.73 Å². The van der Waals surface area contributed by atoms with Gasteiger partial charge in [-0.25, -0.2) is 0 Å². The minimum Gasteiger partial charge on any atom is -0.372 e. The molecule has 1 aliphatic heterocycles. The Bertz CT molecular complexity index is 329. The highest BCUT2D eigenvalue weighted by Crippen LogP contribution is 2.28. The Morgan fingerprint density at radius 1 is 1.56 bits per heavy atom. The van der Waals surface area contributed by atoms with Gasteiger partial charge in [-0.2, -0.15) is 5.10 Å². The van der Waals surface area contributed by atoms with E-state index in [0.29, 0.717) is 6.54 Å². The minimum absolute atomic E-state index is 0.243. The van der Waals surface area contributed by atoms with Gasteiger partial charge in [0.15, 0.2) is 0 Å². The first-order valence-corrected chi connectivity index (χ1v) is 6.23. The molecule has 1 unspecified atom stereocenters. The van der Waals surface area contributed by atoms with Crippen molar-refractivity contribution in [2.45, 2.75) is 45.3 Å². The van der Waals surface area contributed by atoms with Crippen molar-refractivity contribution in [3.8, 4) is 0 Å². The first-order chi connectivity index (χ1) is 7.85. The zero-order valence-corrected chi connectivity index (χ0v) is 9.98. The molecule has 2 rings (SSSR count). The predicted molar refractivity (Wildman–Crippen MR) is 63.2 cm³/mol. The van der Waals surface area contributed by atoms with Crippen LogP contribution >= 0.6 is 0 Å². The van der Waals surface area contributed by atoms with Gasteiger partial charge in [-0.1, -0.05) is 0 Å². The summed E-state index contributed by atoms with van der Waals surface area (Å²) in [7, 11) is 0. The molecule has 1 saturated heterocycles. The zero-order chi connectivity index (χ0) is 11.4. The first-order valence-electron chi connectivity index (χ1n) is 6.23. The van der Waals surface area contributed by atoms with Crippen LogP contribution in [0.25, 0.3) is 0 Å². The van der Waals surface area contributed by atoms with E-state index in [0.717, 1.165) is 31.7 Å². The topological polar surface area (TPSA) is 53.1 Å². The van der Waals surface area contributed by atoms with Gasteiger partial charge in [-0.05, 0) is 38.8 Å². The molecule has 0 aromatic carbocycles. The minimum atomic E-state index is 0.243. The van der Waals surface area contributed by atoms with Gasteiger partial charge >= 0.3 is 0 Å². The van der Waals surface area contributed by atoms with Gasteiger partial charge < -0.3 is 10.5 Å². The van der Waals surface area contributed by atoms with Crippen molar-refractivity contribution in [2.24, 2.45) is 5.73 Å². The van der Waals surface area contributed by atoms with Crippen molar-refractivity contribution in [3.63, 3.8) is 0 Å². The smallest absolute Gasteiger partial charge is 0.0991 e. The Balaban J connectivity index is 2.16. The van der Waals surface area contributed by atoms with Crippen LogP contribution in [0, 0.1) is 0 Å². The van der Waals surface area contributed by atoms with E-state index in [1.54, 1.807) is 0 Å². The summed E-state index contributed by atoms with van der Waals surface area (Å²) in [5.41, 5.74) is 7.88. The Hall–Kier alpha value is -0.870. The maximum atomic E-state index is 5.81. The van der Waals surface area contributed by atoms with Crippen molar-refractivity contribution in [3.05, 3.63) is 17.5 Å². The molecule has 1 atom stereocenters. The molecule has 2 heterocycles. The SMILES string of the molecule is CCn1nc(CCN)cc1C1CCCCO1. The monoisotopic (exact) mass is 223 g/mol. The van der Waals surface area contributed by atoms with Gasteiger partial charge in [-0.15, -0.1) is 0 Å². The molecule has 4 nitrogen and oxygen atoms in total. The Morgan fingerprint density at radius 3 is 3.06 bits per heavy atom. The summed E-state index contributed by atoms with van der Waals surface area (Å²) >= 11 is 0. The average Bonchev–Trinajstić information content (AvgIpc) is 2.74. The molecule has 1 aromatic rings. The molecule has 0 saturated carbocycles. The molecule has 16 heavy (non-hydrogen) atoms. The van der Waals surface area contributed by atoms with E-state index in [-0.39, 0.29) is 6.10 Å². The molecule has 90 valence electrons. The highest BCUT2D eigenvalue weighted by Gasteiger charge is 2.20. The Morgan fingerprint density at radius 2 is 2.44 bits per heavy atom. The molecule has 1 aromatic heterocycles. The van der Waals surface area contributed by atoms with Gasteiger partial charge in [0.2, 0.25) is 0 Å². The van der Waals surface area contributed by atoms with E-state index < -0.39 is 0 Å². The molecule has 0 aliphatic carbocycles. The largest absolute Gasteiger partial charge is 0.372 e. The third-order valence-electron chi connectivity index (χ3n) is 3.07. The van der Waals surface area contributed by atoms with Crippen LogP contribution in [0.3, 0.4) is 0 Å². The van der Waals surface area contributed by atoms with Crippen LogP contribution in [0.5, 0.6) is 0 Å². The fraction of sp³-hybridized carbons (Fsp3) is 0.750. The standard InChI is InChI=1S/C12H21N3O/c1-2-15-11(9-10(14-15)6-7-13)12-5-3-4-8-16-12/h9,12H,2-8,13H2,1H3. The van der Waals surface area contributed by atoms with Crippen molar-refractivity contribution >= 4 is 0 Å². The summed E-state index contributed by atoms with van der Waals surface area (Å²) in [4.78, 5) is 0. The van der Waals surface area contributed by atoms with Gasteiger partial charge in [0, 0.05) is 19.6 Å². The fourth-order valence-corrected chi connectivity index (χ4v) is 2.24. The second-order valence-corrected chi connectivity index (χ2v) is 4.27. The number of rotatable bonds is 4. The second kappa shape index (κ2) is 5.46. The number of nitrogens with two attached hydrogens (primary N) is 1. The summed E-state index contributed by atoms with van der Waals surface area (Å²) in [6.07, 6.45) is 4.66. The molecule has 0 radical (unpaired) electrons. The van der Waals surface area contributed by atoms with Crippen LogP contribution in [-0.2, 0) is 17.7 Å². The lowest BCUT2D eigenvalue weighted by atomic mass is 10.1. The fourth-order valence-electron chi connectivity index (χ4n) is 2.24. The normalized spacial score (nSPS) is 21.2. The average molecular weight is 223 g/mol. The van der Waals surface area contributed by atoms with Gasteiger partial charge in [0.25, 0.3) is 0 Å². The van der Waals surface area contributed by atoms with E-state index in [2.05, 4.69) is 22.8 Å². The van der Waals surface area contributed by atoms with Gasteiger partial charge in [0.1, 0.15) is 0 Å². The highest BCUT2D eigenvalue weighted by molar-refractivity contribution is 5.14. The van der Waals surface area contributed by atoms with E-state index in [1.165, 1.54) is 18.5 Å². The van der Waals surface area contributed by atoms with Crippen molar-refractivity contribution in [2.75, 3.05) is 13.2 Å². The summed E-state index contributed by atoms with van der Waals surface area (Å²) in [5.74, 6) is 0. The maximum absolute atomic E-state index is 5.81. The highest BCUT2D eigenvalue weighted by atomic mass is 16.5. The molecule has 0 amide bonds. The van der Waals surface area contributed by atoms with E-state index in [9.17, 15) is 0 Å². The molecule has 2 N–H and O–H groups in total. The molecular weight excluding hydrogens is 202 g/mol. The summed E-state index contributed by atoms with van der Waals surface area (Å²) in [6, 6.07) is 2.16. The number of aromatic nitrogens is 2. The Kier molecular flexibility index (Phi) is 3.96. The third-order valence-corrected chi connectivity index (χ3v) is 3.07. The van der Waals surface area contributed by atoms with Gasteiger partial charge in [-0.3, -0.25) is 4.68 Å². The number of nitrogens with zero attached hydrogens (tertiary/aromatic N) is 2. The van der Waals surface area contributed by atoms with Gasteiger partial charge in [0.05, 0.1) is 17.5 Å². The second-order valence-electron chi connectivity index (χ2n) is 4.27. The quantitative estimate of drug-likeness (QED) is 0.844. The molecule has 1 aliphatic rings. The lowest BCUT2D eigenvalue weighted by Gasteiger charge is -2.22. The van der Waals surface area contributed by atoms with Crippen LogP contribution in [0.4, 0.5) is 0 Å². The van der Waals surface area contributed by atoms with Crippen LogP contribution in [-0.4, -0.2) is 22.9 Å². The third kappa shape index (κ3) is 2.44. The number of hydrogen-bond acceptors (Lipinski definition) is 3. The lowest BCUT2D eigenvalue weighted by Crippen LogP contribution is -2.15. The Labute approximate surface area is 96.8 Å². The number of hydrogen-bond donors (Lipinski definition) is 1. The summed E-state index contributed by atoms with van der Waals surface area (Å²) in [5, 5.41) is 4.55. The van der Waals surface area contributed by atoms with Crippen LogP contribution in [0.2, 0.25) is 0 Å². The number of ether oxygens (including phenoxy) is 1. The van der Waals surface area contributed by atoms with Crippen LogP contribution in [0.1, 0.15) is 43.7 Å². The predicted octanol–water partition coefficient (Wildman–Crippen LogP) is 1.65. The molecule has 0 spiro atoms. The van der Waals surface area contributed by atoms with Crippen molar-refractivity contribution in [1.82, 2.24) is 9.78 Å². The summed E-state index contributed by atoms with van der Waals surface area (Å²) < 4.78 is 7.86. The van der Waals surface area contributed by atoms with E-state index in [1.807, 2.05) is 0 Å². The lowest BCUT2D eigenvalue weighted by molar-refractivity contribution is 0.00957. The maximum Gasteiger partial charge on any atom is 0.0991 e. The molecular formula is C12H21N3O. The van der Waals surface area contributed by atoms with E-state index >= 15 is 0 Å². The summed E-state index contributed by atoms with van der Waals surface area (Å²) in [6.45, 7) is 4.56. The van der Waals surface area contributed by atoms with E-state index in [4.69, 9.17) is 10.5 Å². The van der Waals surface area contributed by atoms with Crippen molar-refractivity contribution in [1.29, 1.82) is 0 Å². The molecule has 1 fully saturated rings. The van der Waals surface area contributed by atoms with Crippen LogP contribution in [0.15, 0.2) is 6.07 Å².